The van der Waals surface area contributed by atoms with Gasteiger partial charge in [-0.15, -0.1) is 0 Å². The Morgan fingerprint density at radius 1 is 1.39 bits per heavy atom. The van der Waals surface area contributed by atoms with Crippen molar-refractivity contribution in [3.8, 4) is 0 Å². The van der Waals surface area contributed by atoms with Crippen LogP contribution in [-0.4, -0.2) is 18.5 Å². The fraction of sp³-hybridized carbons (Fsp3) is 0.462. The van der Waals surface area contributed by atoms with Crippen LogP contribution in [0.4, 0.5) is 4.39 Å². The molecule has 1 aliphatic heterocycles. The maximum Gasteiger partial charge on any atom is 0.226 e. The zero-order valence-electron chi connectivity index (χ0n) is 10.5. The lowest BCUT2D eigenvalue weighted by molar-refractivity contribution is -0.125. The van der Waals surface area contributed by atoms with Crippen molar-refractivity contribution in [2.24, 2.45) is 5.92 Å². The third kappa shape index (κ3) is 2.86. The summed E-state index contributed by atoms with van der Waals surface area (Å²) < 4.78 is 12.9. The average Bonchev–Trinajstić information content (AvgIpc) is 2.78. The number of carbonyl (C=O) groups excluding carboxylic acids is 1. The topological polar surface area (TPSA) is 53.2 Å². The summed E-state index contributed by atoms with van der Waals surface area (Å²) in [7, 11) is 0. The first kappa shape index (κ1) is 13.0. The van der Waals surface area contributed by atoms with Crippen molar-refractivity contribution in [2.45, 2.75) is 25.9 Å². The Hall–Kier alpha value is -1.46. The third-order valence-electron chi connectivity index (χ3n) is 2.98. The van der Waals surface area contributed by atoms with Crippen LogP contribution in [0.1, 0.15) is 25.5 Å². The molecular weight excluding hydrogens is 233 g/mol. The Morgan fingerprint density at radius 3 is 2.67 bits per heavy atom. The van der Waals surface area contributed by atoms with Gasteiger partial charge >= 0.3 is 0 Å². The molecule has 0 bridgehead atoms. The Kier molecular flexibility index (Phi) is 3.93. The quantitative estimate of drug-likeness (QED) is 0.754. The molecule has 1 aliphatic rings. The number of nitrogens with one attached hydrogen (secondary N) is 3. The van der Waals surface area contributed by atoms with Crippen molar-refractivity contribution in [3.63, 3.8) is 0 Å². The van der Waals surface area contributed by atoms with E-state index in [9.17, 15) is 9.18 Å². The summed E-state index contributed by atoms with van der Waals surface area (Å²) in [5, 5.41) is 2.90. The van der Waals surface area contributed by atoms with Gasteiger partial charge in [0.05, 0.1) is 12.0 Å². The lowest BCUT2D eigenvalue weighted by Gasteiger charge is -2.19. The summed E-state index contributed by atoms with van der Waals surface area (Å²) >= 11 is 0. The van der Waals surface area contributed by atoms with E-state index in [0.29, 0.717) is 6.54 Å². The molecule has 3 N–H and O–H groups in total. The van der Waals surface area contributed by atoms with Crippen LogP contribution in [0.5, 0.6) is 0 Å². The summed E-state index contributed by atoms with van der Waals surface area (Å²) in [4.78, 5) is 12.0. The number of carbonyl (C=O) groups is 1. The first-order chi connectivity index (χ1) is 8.58. The molecule has 98 valence electrons. The molecule has 1 saturated heterocycles. The van der Waals surface area contributed by atoms with Gasteiger partial charge < -0.3 is 5.32 Å². The highest BCUT2D eigenvalue weighted by molar-refractivity contribution is 5.80. The molecule has 1 heterocycles. The number of halogens is 1. The molecule has 2 unspecified atom stereocenters. The van der Waals surface area contributed by atoms with Crippen LogP contribution in [-0.2, 0) is 4.79 Å². The van der Waals surface area contributed by atoms with E-state index < -0.39 is 0 Å². The molecule has 0 aromatic heterocycles. The summed E-state index contributed by atoms with van der Waals surface area (Å²) in [6, 6.07) is 6.22. The molecule has 0 spiro atoms. The normalized spacial score (nSPS) is 23.3. The van der Waals surface area contributed by atoms with Gasteiger partial charge in [0.1, 0.15) is 5.82 Å². The fourth-order valence-corrected chi connectivity index (χ4v) is 2.12. The summed E-state index contributed by atoms with van der Waals surface area (Å²) in [5.74, 6) is -0.442. The van der Waals surface area contributed by atoms with Crippen molar-refractivity contribution in [3.05, 3.63) is 35.6 Å². The molecule has 0 radical (unpaired) electrons. The Balaban J connectivity index is 2.12. The predicted octanol–water partition coefficient (Wildman–Crippen LogP) is 1.12. The van der Waals surface area contributed by atoms with Gasteiger partial charge in [-0.25, -0.2) is 9.82 Å². The summed E-state index contributed by atoms with van der Waals surface area (Å²) in [6.45, 7) is 4.43. The standard InChI is InChI=1S/C13H18FN3O/c1-8(2)16-13(18)11-7-15-17-12(11)9-3-5-10(14)6-4-9/h3-6,8,11-12,15,17H,7H2,1-2H3,(H,16,18). The maximum atomic E-state index is 12.9. The number of rotatable bonds is 3. The summed E-state index contributed by atoms with van der Waals surface area (Å²) in [5.41, 5.74) is 6.96. The van der Waals surface area contributed by atoms with Crippen LogP contribution in [0.15, 0.2) is 24.3 Å². The van der Waals surface area contributed by atoms with Gasteiger partial charge in [-0.2, -0.15) is 0 Å². The van der Waals surface area contributed by atoms with Crippen molar-refractivity contribution in [1.82, 2.24) is 16.2 Å². The highest BCUT2D eigenvalue weighted by Crippen LogP contribution is 2.25. The predicted molar refractivity (Wildman–Crippen MR) is 67.0 cm³/mol. The number of amides is 1. The molecule has 1 aromatic rings. The molecular formula is C13H18FN3O. The van der Waals surface area contributed by atoms with E-state index >= 15 is 0 Å². The largest absolute Gasteiger partial charge is 0.354 e. The smallest absolute Gasteiger partial charge is 0.226 e. The van der Waals surface area contributed by atoms with Crippen LogP contribution < -0.4 is 16.2 Å². The Bertz CT molecular complexity index is 419. The van der Waals surface area contributed by atoms with E-state index in [4.69, 9.17) is 0 Å². The third-order valence-corrected chi connectivity index (χ3v) is 2.98. The number of benzene rings is 1. The minimum atomic E-state index is -0.270. The average molecular weight is 251 g/mol. The zero-order chi connectivity index (χ0) is 13.1. The van der Waals surface area contributed by atoms with Gasteiger partial charge in [-0.05, 0) is 31.5 Å². The van der Waals surface area contributed by atoms with E-state index in [-0.39, 0.29) is 29.7 Å². The van der Waals surface area contributed by atoms with Crippen molar-refractivity contribution >= 4 is 5.91 Å². The van der Waals surface area contributed by atoms with Crippen molar-refractivity contribution < 1.29 is 9.18 Å². The second-order valence-corrected chi connectivity index (χ2v) is 4.82. The highest BCUT2D eigenvalue weighted by atomic mass is 19.1. The molecule has 0 saturated carbocycles. The molecule has 4 nitrogen and oxygen atoms in total. The molecule has 2 atom stereocenters. The van der Waals surface area contributed by atoms with Crippen LogP contribution >= 0.6 is 0 Å². The van der Waals surface area contributed by atoms with Gasteiger partial charge in [-0.3, -0.25) is 10.2 Å². The second-order valence-electron chi connectivity index (χ2n) is 4.82. The molecule has 2 rings (SSSR count). The zero-order valence-corrected chi connectivity index (χ0v) is 10.5. The lowest BCUT2D eigenvalue weighted by atomic mass is 9.94. The van der Waals surface area contributed by atoms with Crippen LogP contribution in [0.2, 0.25) is 0 Å². The van der Waals surface area contributed by atoms with E-state index in [2.05, 4.69) is 16.2 Å². The van der Waals surface area contributed by atoms with Gasteiger partial charge in [-0.1, -0.05) is 12.1 Å². The molecule has 5 heteroatoms. The number of hydrogen-bond acceptors (Lipinski definition) is 3. The Labute approximate surface area is 106 Å². The van der Waals surface area contributed by atoms with E-state index in [1.54, 1.807) is 12.1 Å². The van der Waals surface area contributed by atoms with Gasteiger partial charge in [0.25, 0.3) is 0 Å². The lowest BCUT2D eigenvalue weighted by Crippen LogP contribution is -2.38. The molecule has 0 aliphatic carbocycles. The number of hydrazine groups is 1. The minimum Gasteiger partial charge on any atom is -0.354 e. The van der Waals surface area contributed by atoms with Crippen LogP contribution in [0, 0.1) is 11.7 Å². The van der Waals surface area contributed by atoms with E-state index in [1.807, 2.05) is 13.8 Å². The Morgan fingerprint density at radius 2 is 2.06 bits per heavy atom. The van der Waals surface area contributed by atoms with E-state index in [0.717, 1.165) is 5.56 Å². The molecule has 1 aromatic carbocycles. The first-order valence-electron chi connectivity index (χ1n) is 6.12. The molecule has 1 fully saturated rings. The van der Waals surface area contributed by atoms with Crippen molar-refractivity contribution in [1.29, 1.82) is 0 Å². The van der Waals surface area contributed by atoms with Gasteiger partial charge in [0.15, 0.2) is 0 Å². The maximum absolute atomic E-state index is 12.9. The van der Waals surface area contributed by atoms with Gasteiger partial charge in [0, 0.05) is 12.6 Å². The molecule has 18 heavy (non-hydrogen) atoms. The van der Waals surface area contributed by atoms with Crippen LogP contribution in [0.3, 0.4) is 0 Å². The van der Waals surface area contributed by atoms with Gasteiger partial charge in [0.2, 0.25) is 5.91 Å². The van der Waals surface area contributed by atoms with Crippen LogP contribution in [0.25, 0.3) is 0 Å². The summed E-state index contributed by atoms with van der Waals surface area (Å²) in [6.07, 6.45) is 0. The van der Waals surface area contributed by atoms with Crippen molar-refractivity contribution in [2.75, 3.05) is 6.54 Å². The SMILES string of the molecule is CC(C)NC(=O)C1CNNC1c1ccc(F)cc1. The minimum absolute atomic E-state index is 0.0109. The second kappa shape index (κ2) is 5.46. The van der Waals surface area contributed by atoms with E-state index in [1.165, 1.54) is 12.1 Å². The fourth-order valence-electron chi connectivity index (χ4n) is 2.12. The first-order valence-corrected chi connectivity index (χ1v) is 6.12. The monoisotopic (exact) mass is 251 g/mol. The highest BCUT2D eigenvalue weighted by Gasteiger charge is 2.33. The number of hydrogen-bond donors (Lipinski definition) is 3. The molecule has 1 amide bonds.